The van der Waals surface area contributed by atoms with Crippen molar-refractivity contribution < 1.29 is 48.1 Å². The minimum atomic E-state index is -1.19. The van der Waals surface area contributed by atoms with E-state index in [0.29, 0.717) is 4.90 Å². The molecule has 0 radical (unpaired) electrons. The Hall–Kier alpha value is -4.74. The predicted molar refractivity (Wildman–Crippen MR) is 146 cm³/mol. The third kappa shape index (κ3) is 8.88. The summed E-state index contributed by atoms with van der Waals surface area (Å²) in [4.78, 5) is 72.0. The average Bonchev–Trinajstić information content (AvgIpc) is 3.53. The van der Waals surface area contributed by atoms with Crippen LogP contribution in [0.5, 0.6) is 0 Å². The van der Waals surface area contributed by atoms with Crippen molar-refractivity contribution in [3.8, 4) is 0 Å². The van der Waals surface area contributed by atoms with Crippen LogP contribution in [0.2, 0.25) is 0 Å². The highest BCUT2D eigenvalue weighted by molar-refractivity contribution is 6.00. The van der Waals surface area contributed by atoms with E-state index in [2.05, 4.69) is 0 Å². The first-order chi connectivity index (χ1) is 19.9. The summed E-state index contributed by atoms with van der Waals surface area (Å²) in [5.74, 6) is -2.70. The number of ether oxygens (including phenoxy) is 3. The summed E-state index contributed by atoms with van der Waals surface area (Å²) < 4.78 is 15.4. The normalized spacial score (nSPS) is 18.2. The zero-order valence-corrected chi connectivity index (χ0v) is 23.7. The Morgan fingerprint density at radius 3 is 1.55 bits per heavy atom. The maximum absolute atomic E-state index is 12.2. The number of hydrogen-bond donors (Lipinski definition) is 1. The molecule has 0 spiro atoms. The van der Waals surface area contributed by atoms with Crippen LogP contribution in [-0.2, 0) is 46.6 Å². The number of carbonyl (C=O) groups is 6. The van der Waals surface area contributed by atoms with Gasteiger partial charge in [0, 0.05) is 12.8 Å². The molecule has 2 heterocycles. The lowest BCUT2D eigenvalue weighted by atomic mass is 10.1. The van der Waals surface area contributed by atoms with Gasteiger partial charge in [-0.15, -0.1) is 0 Å². The highest BCUT2D eigenvalue weighted by Crippen LogP contribution is 2.24. The van der Waals surface area contributed by atoms with E-state index in [9.17, 15) is 28.8 Å². The summed E-state index contributed by atoms with van der Waals surface area (Å²) in [6, 6.07) is 16.1. The van der Waals surface area contributed by atoms with Crippen LogP contribution in [0.25, 0.3) is 0 Å². The van der Waals surface area contributed by atoms with Gasteiger partial charge >= 0.3 is 24.1 Å². The van der Waals surface area contributed by atoms with E-state index >= 15 is 0 Å². The molecule has 4 rings (SSSR count). The average molecular weight is 583 g/mol. The third-order valence-corrected chi connectivity index (χ3v) is 6.19. The lowest BCUT2D eigenvalue weighted by Gasteiger charge is -2.25. The topological polar surface area (TPSA) is 157 Å². The number of aliphatic carboxylic acids is 1. The van der Waals surface area contributed by atoms with Gasteiger partial charge in [0.2, 0.25) is 11.8 Å². The van der Waals surface area contributed by atoms with E-state index < -0.39 is 53.6 Å². The second-order valence-electron chi connectivity index (χ2n) is 10.6. The smallest absolute Gasteiger partial charge is 0.417 e. The van der Waals surface area contributed by atoms with Gasteiger partial charge in [0.25, 0.3) is 0 Å². The van der Waals surface area contributed by atoms with Crippen molar-refractivity contribution in [2.45, 2.75) is 77.4 Å². The Bertz CT molecular complexity index is 1290. The molecule has 224 valence electrons. The zero-order valence-electron chi connectivity index (χ0n) is 23.7. The molecule has 2 aliphatic heterocycles. The van der Waals surface area contributed by atoms with Crippen molar-refractivity contribution in [1.29, 1.82) is 0 Å². The molecule has 2 fully saturated rings. The molecular weight excluding hydrogens is 548 g/mol. The number of carboxylic acids is 1. The molecule has 0 aliphatic carbocycles. The first-order valence-corrected chi connectivity index (χ1v) is 13.4. The molecule has 12 nitrogen and oxygen atoms in total. The van der Waals surface area contributed by atoms with Crippen LogP contribution in [0, 0.1) is 0 Å². The van der Waals surface area contributed by atoms with E-state index in [0.717, 1.165) is 16.0 Å². The minimum Gasteiger partial charge on any atom is -0.480 e. The van der Waals surface area contributed by atoms with Crippen LogP contribution < -0.4 is 0 Å². The van der Waals surface area contributed by atoms with Crippen molar-refractivity contribution >= 4 is 35.9 Å². The first-order valence-electron chi connectivity index (χ1n) is 13.4. The molecule has 12 heteroatoms. The molecule has 2 aromatic carbocycles. The molecular formula is C30H34N2O10. The van der Waals surface area contributed by atoms with Gasteiger partial charge in [-0.05, 0) is 44.7 Å². The van der Waals surface area contributed by atoms with Crippen molar-refractivity contribution in [1.82, 2.24) is 9.80 Å². The molecule has 4 amide bonds. The third-order valence-electron chi connectivity index (χ3n) is 6.19. The van der Waals surface area contributed by atoms with Crippen LogP contribution >= 0.6 is 0 Å². The summed E-state index contributed by atoms with van der Waals surface area (Å²) >= 11 is 0. The van der Waals surface area contributed by atoms with Crippen molar-refractivity contribution in [3.63, 3.8) is 0 Å². The number of likely N-dealkylation sites (tertiary alicyclic amines) is 2. The molecule has 2 atom stereocenters. The number of amides is 4. The van der Waals surface area contributed by atoms with Gasteiger partial charge in [-0.1, -0.05) is 60.7 Å². The van der Waals surface area contributed by atoms with Crippen LogP contribution in [-0.4, -0.2) is 68.5 Å². The number of nitrogens with zero attached hydrogens (tertiary/aromatic N) is 2. The molecule has 0 saturated carbocycles. The fourth-order valence-electron chi connectivity index (χ4n) is 4.23. The van der Waals surface area contributed by atoms with E-state index in [-0.39, 0.29) is 38.9 Å². The van der Waals surface area contributed by atoms with Gasteiger partial charge in [-0.3, -0.25) is 9.59 Å². The molecule has 0 unspecified atom stereocenters. The Morgan fingerprint density at radius 2 is 1.14 bits per heavy atom. The maximum atomic E-state index is 12.2. The first kappa shape index (κ1) is 31.8. The number of carboxylic acid groups (broad SMARTS) is 1. The second kappa shape index (κ2) is 14.2. The number of benzene rings is 2. The SMILES string of the molecule is CC(C)(C)OC(=O)[C@@H]1CCC(=O)N1C(=O)OCc1ccccc1.O=C(O)[C@@H]1CCC(=O)N1C(=O)OCc1ccccc1. The molecule has 0 aromatic heterocycles. The van der Waals surface area contributed by atoms with Crippen molar-refractivity contribution in [2.75, 3.05) is 0 Å². The number of hydrogen-bond acceptors (Lipinski definition) is 9. The van der Waals surface area contributed by atoms with Crippen LogP contribution in [0.4, 0.5) is 9.59 Å². The van der Waals surface area contributed by atoms with Crippen LogP contribution in [0.1, 0.15) is 57.6 Å². The number of esters is 1. The second-order valence-corrected chi connectivity index (χ2v) is 10.6. The Balaban J connectivity index is 0.000000235. The van der Waals surface area contributed by atoms with Crippen molar-refractivity contribution in [3.05, 3.63) is 71.8 Å². The maximum Gasteiger partial charge on any atom is 0.417 e. The summed E-state index contributed by atoms with van der Waals surface area (Å²) in [6.45, 7) is 5.26. The molecule has 0 bridgehead atoms. The summed E-state index contributed by atoms with van der Waals surface area (Å²) in [5, 5.41) is 8.93. The highest BCUT2D eigenvalue weighted by atomic mass is 16.6. The quantitative estimate of drug-likeness (QED) is 0.389. The highest BCUT2D eigenvalue weighted by Gasteiger charge is 2.43. The number of carbonyl (C=O) groups excluding carboxylic acids is 5. The van der Waals surface area contributed by atoms with E-state index in [1.165, 1.54) is 0 Å². The van der Waals surface area contributed by atoms with Gasteiger partial charge < -0.3 is 19.3 Å². The lowest BCUT2D eigenvalue weighted by Crippen LogP contribution is -2.45. The number of imide groups is 2. The molecule has 42 heavy (non-hydrogen) atoms. The standard InChI is InChI=1S/C17H21NO5.C13H13NO5/c1-17(2,3)23-15(20)13-9-10-14(19)18(13)16(21)22-11-12-7-5-4-6-8-12;15-11-7-6-10(12(16)17)14(11)13(18)19-8-9-4-2-1-3-5-9/h4-8,13H,9-11H2,1-3H3;1-5,10H,6-8H2,(H,16,17)/t13-;10-/m00/s1. The Morgan fingerprint density at radius 1 is 0.738 bits per heavy atom. The van der Waals surface area contributed by atoms with Gasteiger partial charge in [-0.2, -0.15) is 0 Å². The zero-order chi connectivity index (χ0) is 30.9. The molecule has 1 N–H and O–H groups in total. The monoisotopic (exact) mass is 582 g/mol. The van der Waals surface area contributed by atoms with E-state index in [1.807, 2.05) is 36.4 Å². The van der Waals surface area contributed by atoms with E-state index in [4.69, 9.17) is 19.3 Å². The molecule has 2 aromatic rings. The van der Waals surface area contributed by atoms with Crippen LogP contribution in [0.15, 0.2) is 60.7 Å². The Labute approximate surface area is 243 Å². The van der Waals surface area contributed by atoms with Gasteiger partial charge in [-0.25, -0.2) is 29.0 Å². The summed E-state index contributed by atoms with van der Waals surface area (Å²) in [5.41, 5.74) is 0.901. The van der Waals surface area contributed by atoms with Crippen LogP contribution in [0.3, 0.4) is 0 Å². The van der Waals surface area contributed by atoms with Gasteiger partial charge in [0.05, 0.1) is 0 Å². The summed E-state index contributed by atoms with van der Waals surface area (Å²) in [6.07, 6.45) is -1.14. The number of rotatable bonds is 6. The molecule has 2 saturated heterocycles. The fraction of sp³-hybridized carbons (Fsp3) is 0.400. The Kier molecular flexibility index (Phi) is 10.8. The summed E-state index contributed by atoms with van der Waals surface area (Å²) in [7, 11) is 0. The van der Waals surface area contributed by atoms with Crippen molar-refractivity contribution in [2.24, 2.45) is 0 Å². The predicted octanol–water partition coefficient (Wildman–Crippen LogP) is 4.05. The van der Waals surface area contributed by atoms with Gasteiger partial charge in [0.1, 0.15) is 30.9 Å². The minimum absolute atomic E-state index is 0.00971. The largest absolute Gasteiger partial charge is 0.480 e. The van der Waals surface area contributed by atoms with E-state index in [1.54, 1.807) is 45.0 Å². The van der Waals surface area contributed by atoms with Gasteiger partial charge in [0.15, 0.2) is 0 Å². The lowest BCUT2D eigenvalue weighted by molar-refractivity contribution is -0.161. The fourth-order valence-corrected chi connectivity index (χ4v) is 4.23. The molecule has 2 aliphatic rings.